The van der Waals surface area contributed by atoms with Gasteiger partial charge in [-0.05, 0) is 0 Å². The van der Waals surface area contributed by atoms with E-state index in [9.17, 15) is 0 Å². The van der Waals surface area contributed by atoms with Crippen molar-refractivity contribution in [3.8, 4) is 0 Å². The van der Waals surface area contributed by atoms with Crippen molar-refractivity contribution in [3.05, 3.63) is 65.3 Å². The molecule has 124 valence electrons. The minimum atomic E-state index is 0. The third-order valence-electron chi connectivity index (χ3n) is 3.20. The Labute approximate surface area is 169 Å². The van der Waals surface area contributed by atoms with E-state index in [1.54, 1.807) is 23.3 Å². The summed E-state index contributed by atoms with van der Waals surface area (Å²) in [7, 11) is 0. The topological polar surface area (TPSA) is 0 Å². The minimum absolute atomic E-state index is 0. The van der Waals surface area contributed by atoms with Crippen molar-refractivity contribution in [2.45, 2.75) is 40.3 Å². The number of halogens is 2. The Balaban J connectivity index is 0. The van der Waals surface area contributed by atoms with Gasteiger partial charge in [0.15, 0.2) is 0 Å². The summed E-state index contributed by atoms with van der Waals surface area (Å²) in [5.74, 6) is 0. The Bertz CT molecular complexity index is 662. The van der Waals surface area contributed by atoms with E-state index in [1.807, 2.05) is 6.08 Å². The van der Waals surface area contributed by atoms with Crippen LogP contribution in [0.5, 0.6) is 0 Å². The molecule has 1 aliphatic carbocycles. The van der Waals surface area contributed by atoms with E-state index in [2.05, 4.69) is 76.3 Å². The fraction of sp³-hybridized carbons (Fsp3) is 0.316. The Kier molecular flexibility index (Phi) is 14.6. The molecule has 0 atom stereocenters. The van der Waals surface area contributed by atoms with Crippen LogP contribution in [0.3, 0.4) is 0 Å². The predicted molar refractivity (Wildman–Crippen MR) is 92.7 cm³/mol. The molecule has 0 saturated carbocycles. The first-order chi connectivity index (χ1) is 9.91. The van der Waals surface area contributed by atoms with Gasteiger partial charge in [-0.25, -0.2) is 11.6 Å². The van der Waals surface area contributed by atoms with Gasteiger partial charge in [0.25, 0.3) is 0 Å². The molecule has 0 spiro atoms. The second-order valence-electron chi connectivity index (χ2n) is 5.54. The van der Waals surface area contributed by atoms with Crippen LogP contribution in [0.1, 0.15) is 24.5 Å². The SMILES string of the molecule is CC1=CC[C-]=C1.C[Si](C)=[Zr+2].Cc1[cH-]c2ccccc2c1C.[Cl-].[Cl-]. The fourth-order valence-corrected chi connectivity index (χ4v) is 2.02. The maximum Gasteiger partial charge on any atom is -0.0576 e. The van der Waals surface area contributed by atoms with Crippen LogP contribution in [0.4, 0.5) is 0 Å². The third-order valence-corrected chi connectivity index (χ3v) is 3.20. The van der Waals surface area contributed by atoms with Crippen LogP contribution >= 0.6 is 0 Å². The molecular formula is C19H24Cl2SiZr-2. The zero-order valence-corrected chi connectivity index (χ0v) is 19.5. The molecule has 2 aromatic rings. The standard InChI is InChI=1S/C11H11.C6H7.C2H6Si.2ClH.Zr/c1-8-7-10-5-3-4-6-11(10)9(8)2;1-6-4-2-3-5-6;1-3-2;;;/h3-7H,1-2H3;4-5H,2H2,1H3;1-2H3;2*1H;/q2*-1;;;;+2/p-2. The van der Waals surface area contributed by atoms with Crippen molar-refractivity contribution in [3.63, 3.8) is 0 Å². The van der Waals surface area contributed by atoms with E-state index < -0.39 is 0 Å². The first-order valence-corrected chi connectivity index (χ1v) is 13.5. The van der Waals surface area contributed by atoms with E-state index in [4.69, 9.17) is 0 Å². The van der Waals surface area contributed by atoms with E-state index in [0.29, 0.717) is 0 Å². The first-order valence-electron chi connectivity index (χ1n) is 7.28. The molecule has 0 amide bonds. The number of hydrogen-bond acceptors (Lipinski definition) is 0. The molecule has 3 rings (SSSR count). The molecule has 0 fully saturated rings. The molecule has 4 heteroatoms. The van der Waals surface area contributed by atoms with Crippen LogP contribution in [-0.4, -0.2) is 5.43 Å². The number of benzene rings is 1. The van der Waals surface area contributed by atoms with E-state index >= 15 is 0 Å². The van der Waals surface area contributed by atoms with Gasteiger partial charge >= 0.3 is 41.9 Å². The second-order valence-corrected chi connectivity index (χ2v) is 14.9. The van der Waals surface area contributed by atoms with Gasteiger partial charge in [0.05, 0.1) is 0 Å². The molecule has 1 aliphatic rings. The average molecular weight is 443 g/mol. The molecule has 0 aliphatic heterocycles. The maximum atomic E-state index is 3.05. The number of rotatable bonds is 0. The predicted octanol–water partition coefficient (Wildman–Crippen LogP) is -0.336. The Morgan fingerprint density at radius 3 is 2.04 bits per heavy atom. The van der Waals surface area contributed by atoms with Crippen molar-refractivity contribution < 1.29 is 48.1 Å². The van der Waals surface area contributed by atoms with Crippen molar-refractivity contribution in [2.24, 2.45) is 0 Å². The van der Waals surface area contributed by atoms with E-state index in [0.717, 1.165) is 6.42 Å². The minimum Gasteiger partial charge on any atom is -1.00 e. The summed E-state index contributed by atoms with van der Waals surface area (Å²) >= 11 is 1.74. The number of allylic oxidation sites excluding steroid dienone is 4. The van der Waals surface area contributed by atoms with E-state index in [1.165, 1.54) is 27.5 Å². The van der Waals surface area contributed by atoms with Crippen molar-refractivity contribution >= 4 is 16.2 Å². The van der Waals surface area contributed by atoms with Gasteiger partial charge < -0.3 is 24.8 Å². The molecule has 0 saturated heterocycles. The maximum absolute atomic E-state index is 3.05. The second kappa shape index (κ2) is 13.3. The van der Waals surface area contributed by atoms with Crippen molar-refractivity contribution in [1.82, 2.24) is 0 Å². The van der Waals surface area contributed by atoms with Gasteiger partial charge in [-0.2, -0.15) is 11.6 Å². The zero-order chi connectivity index (χ0) is 15.8. The van der Waals surface area contributed by atoms with Crippen LogP contribution in [-0.2, 0) is 23.3 Å². The molecule has 0 N–H and O–H groups in total. The molecule has 0 nitrogen and oxygen atoms in total. The summed E-state index contributed by atoms with van der Waals surface area (Å²) in [6, 6.07) is 10.8. The third kappa shape index (κ3) is 9.77. The van der Waals surface area contributed by atoms with Gasteiger partial charge in [-0.1, -0.05) is 19.9 Å². The summed E-state index contributed by atoms with van der Waals surface area (Å²) in [5, 5.41) is 2.76. The van der Waals surface area contributed by atoms with Gasteiger partial charge in [0, 0.05) is 0 Å². The Morgan fingerprint density at radius 2 is 1.65 bits per heavy atom. The quantitative estimate of drug-likeness (QED) is 0.387. The van der Waals surface area contributed by atoms with Crippen LogP contribution in [0.2, 0.25) is 13.1 Å². The summed E-state index contributed by atoms with van der Waals surface area (Å²) in [6.45, 7) is 11.0. The Hall–Kier alpha value is -0.0100. The number of aryl methyl sites for hydroxylation is 2. The number of fused-ring (bicyclic) bond motifs is 1. The van der Waals surface area contributed by atoms with Crippen LogP contribution in [0.15, 0.2) is 48.1 Å². The zero-order valence-electron chi connectivity index (χ0n) is 14.5. The van der Waals surface area contributed by atoms with Crippen molar-refractivity contribution in [2.75, 3.05) is 0 Å². The van der Waals surface area contributed by atoms with Crippen LogP contribution < -0.4 is 24.8 Å². The van der Waals surface area contributed by atoms with Crippen molar-refractivity contribution in [1.29, 1.82) is 0 Å². The molecule has 23 heavy (non-hydrogen) atoms. The first kappa shape index (κ1) is 25.2. The van der Waals surface area contributed by atoms with Crippen LogP contribution in [0, 0.1) is 19.9 Å². The molecular weight excluding hydrogens is 418 g/mol. The molecule has 0 bridgehead atoms. The van der Waals surface area contributed by atoms with Gasteiger partial charge in [0.2, 0.25) is 0 Å². The fourth-order valence-electron chi connectivity index (χ4n) is 2.02. The Morgan fingerprint density at radius 1 is 1.09 bits per heavy atom. The average Bonchev–Trinajstić information content (AvgIpc) is 2.99. The molecule has 0 heterocycles. The molecule has 0 aromatic heterocycles. The normalized spacial score (nSPS) is 11.2. The monoisotopic (exact) mass is 440 g/mol. The molecule has 2 aromatic carbocycles. The van der Waals surface area contributed by atoms with E-state index in [-0.39, 0.29) is 30.2 Å². The summed E-state index contributed by atoms with van der Waals surface area (Å²) in [4.78, 5) is 0. The molecule has 0 unspecified atom stereocenters. The van der Waals surface area contributed by atoms with Crippen LogP contribution in [0.25, 0.3) is 10.8 Å². The summed E-state index contributed by atoms with van der Waals surface area (Å²) in [6.07, 6.45) is 8.24. The summed E-state index contributed by atoms with van der Waals surface area (Å²) in [5.41, 5.74) is 4.36. The summed E-state index contributed by atoms with van der Waals surface area (Å²) < 4.78 is 0. The van der Waals surface area contributed by atoms with Gasteiger partial charge in [-0.3, -0.25) is 6.08 Å². The smallest absolute Gasteiger partial charge is 0.0576 e. The largest absolute Gasteiger partial charge is 1.00 e. The number of hydrogen-bond donors (Lipinski definition) is 0. The van der Waals surface area contributed by atoms with Gasteiger partial charge in [0.1, 0.15) is 0 Å². The van der Waals surface area contributed by atoms with Gasteiger partial charge in [-0.15, -0.1) is 53.9 Å². The molecule has 0 radical (unpaired) electrons.